The Bertz CT molecular complexity index is 1540. The maximum atomic E-state index is 13.7. The minimum Gasteiger partial charge on any atom is -0.507 e. The summed E-state index contributed by atoms with van der Waals surface area (Å²) < 4.78 is 27.1. The van der Waals surface area contributed by atoms with E-state index in [1.54, 1.807) is 0 Å². The molecule has 2 fully saturated rings. The molecule has 0 bridgehead atoms. The van der Waals surface area contributed by atoms with Crippen molar-refractivity contribution in [3.05, 3.63) is 40.6 Å². The van der Waals surface area contributed by atoms with Crippen LogP contribution in [-0.4, -0.2) is 124 Å². The van der Waals surface area contributed by atoms with E-state index in [1.807, 2.05) is 0 Å². The second kappa shape index (κ2) is 11.7. The topological polar surface area (TPSA) is 290 Å². The molecule has 2 aromatic carbocycles. The monoisotopic (exact) mass is 612 g/mol. The normalized spacial score (nSPS) is 32.9. The molecule has 17 heteroatoms. The summed E-state index contributed by atoms with van der Waals surface area (Å²) in [4.78, 5) is 13.7. The molecule has 17 nitrogen and oxygen atoms in total. The number of hydrogen-bond acceptors (Lipinski definition) is 17. The molecule has 3 heterocycles. The highest BCUT2D eigenvalue weighted by molar-refractivity contribution is 5.88. The number of hydrogen-bond donors (Lipinski definition) is 11. The predicted molar refractivity (Wildman–Crippen MR) is 137 cm³/mol. The number of phenolic OH excluding ortho intramolecular Hbond substituents is 3. The zero-order valence-electron chi connectivity index (χ0n) is 21.7. The lowest BCUT2D eigenvalue weighted by atomic mass is 9.99. The van der Waals surface area contributed by atoms with Crippen LogP contribution < -0.4 is 14.9 Å². The van der Waals surface area contributed by atoms with E-state index in [9.17, 15) is 61.0 Å². The maximum Gasteiger partial charge on any atom is 0.239 e. The molecule has 1 aromatic heterocycles. The second-order valence-electron chi connectivity index (χ2n) is 9.91. The van der Waals surface area contributed by atoms with E-state index in [4.69, 9.17) is 23.4 Å². The Morgan fingerprint density at radius 1 is 0.698 bits per heavy atom. The van der Waals surface area contributed by atoms with Crippen LogP contribution in [0.3, 0.4) is 0 Å². The van der Waals surface area contributed by atoms with Crippen LogP contribution in [0.15, 0.2) is 39.5 Å². The SMILES string of the molecule is O=c1c(O[C@H]2O[C@@H](O)[C@H](O)[C@@H](O)[C@H]2O)c(-c2ccc(O)c(O)c2)oc2cc(O[C@@H]3O[C@H](CO)[C@H](O)[C@@H](O)[C@H]3O)cc(O)c12. The molecule has 5 rings (SSSR count). The van der Waals surface area contributed by atoms with Crippen molar-refractivity contribution in [3.8, 4) is 40.1 Å². The van der Waals surface area contributed by atoms with Crippen LogP contribution in [0.25, 0.3) is 22.3 Å². The first-order valence-corrected chi connectivity index (χ1v) is 12.7. The van der Waals surface area contributed by atoms with Crippen molar-refractivity contribution in [2.75, 3.05) is 6.61 Å². The summed E-state index contributed by atoms with van der Waals surface area (Å²) in [6.07, 6.45) is -18.1. The molecule has 0 radical (unpaired) electrons. The van der Waals surface area contributed by atoms with Gasteiger partial charge in [-0.05, 0) is 18.2 Å². The first-order valence-electron chi connectivity index (χ1n) is 12.7. The number of fused-ring (bicyclic) bond motifs is 1. The highest BCUT2D eigenvalue weighted by atomic mass is 16.7. The summed E-state index contributed by atoms with van der Waals surface area (Å²) in [6, 6.07) is 5.20. The highest BCUT2D eigenvalue weighted by Crippen LogP contribution is 2.40. The first kappa shape index (κ1) is 30.7. The maximum absolute atomic E-state index is 13.7. The van der Waals surface area contributed by atoms with Gasteiger partial charge in [-0.2, -0.15) is 0 Å². The van der Waals surface area contributed by atoms with E-state index >= 15 is 0 Å². The van der Waals surface area contributed by atoms with Gasteiger partial charge in [0, 0.05) is 17.7 Å². The average Bonchev–Trinajstić information content (AvgIpc) is 2.97. The average molecular weight is 612 g/mol. The van der Waals surface area contributed by atoms with Gasteiger partial charge in [0.25, 0.3) is 0 Å². The van der Waals surface area contributed by atoms with E-state index in [1.165, 1.54) is 6.07 Å². The summed E-state index contributed by atoms with van der Waals surface area (Å²) in [6.45, 7) is -0.735. The Hall–Kier alpha value is -3.75. The van der Waals surface area contributed by atoms with E-state index in [-0.39, 0.29) is 16.9 Å². The molecular weight excluding hydrogens is 584 g/mol. The minimum absolute atomic E-state index is 0.0875. The van der Waals surface area contributed by atoms with Crippen LogP contribution in [0, 0.1) is 0 Å². The van der Waals surface area contributed by atoms with Crippen molar-refractivity contribution in [2.45, 2.75) is 61.6 Å². The van der Waals surface area contributed by atoms with Crippen molar-refractivity contribution in [2.24, 2.45) is 0 Å². The van der Waals surface area contributed by atoms with Gasteiger partial charge < -0.3 is 79.5 Å². The van der Waals surface area contributed by atoms with E-state index in [2.05, 4.69) is 0 Å². The molecule has 10 atom stereocenters. The largest absolute Gasteiger partial charge is 0.507 e. The third kappa shape index (κ3) is 5.54. The van der Waals surface area contributed by atoms with Gasteiger partial charge in [-0.25, -0.2) is 0 Å². The van der Waals surface area contributed by atoms with Crippen molar-refractivity contribution >= 4 is 11.0 Å². The summed E-state index contributed by atoms with van der Waals surface area (Å²) in [5.74, 6) is -3.45. The summed E-state index contributed by atoms with van der Waals surface area (Å²) in [7, 11) is 0. The quantitative estimate of drug-likeness (QED) is 0.123. The van der Waals surface area contributed by atoms with Crippen molar-refractivity contribution in [1.29, 1.82) is 0 Å². The van der Waals surface area contributed by atoms with E-state index < -0.39 is 108 Å². The van der Waals surface area contributed by atoms with E-state index in [0.29, 0.717) is 0 Å². The van der Waals surface area contributed by atoms with E-state index in [0.717, 1.165) is 24.3 Å². The van der Waals surface area contributed by atoms with Crippen LogP contribution in [0.4, 0.5) is 0 Å². The molecule has 0 spiro atoms. The fourth-order valence-electron chi connectivity index (χ4n) is 4.63. The van der Waals surface area contributed by atoms with Gasteiger partial charge in [0.1, 0.15) is 65.2 Å². The van der Waals surface area contributed by atoms with Gasteiger partial charge in [-0.15, -0.1) is 0 Å². The molecule has 0 amide bonds. The van der Waals surface area contributed by atoms with Crippen LogP contribution >= 0.6 is 0 Å². The number of aliphatic hydroxyl groups excluding tert-OH is 8. The third-order valence-corrected chi connectivity index (χ3v) is 7.02. The third-order valence-electron chi connectivity index (χ3n) is 7.02. The first-order chi connectivity index (χ1) is 20.3. The number of rotatable bonds is 6. The summed E-state index contributed by atoms with van der Waals surface area (Å²) in [5.41, 5.74) is -1.55. The van der Waals surface area contributed by atoms with Gasteiger partial charge in [0.2, 0.25) is 23.8 Å². The molecular formula is C26H28O17. The van der Waals surface area contributed by atoms with Gasteiger partial charge >= 0.3 is 0 Å². The van der Waals surface area contributed by atoms with Crippen LogP contribution in [0.1, 0.15) is 0 Å². The van der Waals surface area contributed by atoms with Gasteiger partial charge in [0.15, 0.2) is 23.5 Å². The number of benzene rings is 2. The number of aromatic hydroxyl groups is 3. The highest BCUT2D eigenvalue weighted by Gasteiger charge is 2.46. The fourth-order valence-corrected chi connectivity index (χ4v) is 4.63. The van der Waals surface area contributed by atoms with Crippen LogP contribution in [0.2, 0.25) is 0 Å². The molecule has 11 N–H and O–H groups in total. The van der Waals surface area contributed by atoms with Crippen molar-refractivity contribution < 1.29 is 79.5 Å². The molecule has 2 aliphatic heterocycles. The van der Waals surface area contributed by atoms with Gasteiger partial charge in [-0.3, -0.25) is 4.79 Å². The lowest BCUT2D eigenvalue weighted by Gasteiger charge is -2.39. The van der Waals surface area contributed by atoms with Gasteiger partial charge in [-0.1, -0.05) is 0 Å². The molecule has 234 valence electrons. The van der Waals surface area contributed by atoms with Crippen molar-refractivity contribution in [1.82, 2.24) is 0 Å². The molecule has 3 aromatic rings. The number of aliphatic hydroxyl groups is 8. The molecule has 2 aliphatic rings. The lowest BCUT2D eigenvalue weighted by molar-refractivity contribution is -0.321. The molecule has 0 unspecified atom stereocenters. The second-order valence-corrected chi connectivity index (χ2v) is 9.91. The summed E-state index contributed by atoms with van der Waals surface area (Å²) >= 11 is 0. The number of ether oxygens (including phenoxy) is 4. The van der Waals surface area contributed by atoms with Gasteiger partial charge in [0.05, 0.1) is 6.61 Å². The zero-order valence-corrected chi connectivity index (χ0v) is 21.7. The van der Waals surface area contributed by atoms with Crippen LogP contribution in [0.5, 0.6) is 28.7 Å². The predicted octanol–water partition coefficient (Wildman–Crippen LogP) is -3.11. The van der Waals surface area contributed by atoms with Crippen molar-refractivity contribution in [3.63, 3.8) is 0 Å². The Balaban J connectivity index is 1.60. The Morgan fingerprint density at radius 2 is 1.35 bits per heavy atom. The Labute approximate surface area is 239 Å². The smallest absolute Gasteiger partial charge is 0.239 e. The fraction of sp³-hybridized carbons (Fsp3) is 0.423. The number of phenols is 3. The Morgan fingerprint density at radius 3 is 2.00 bits per heavy atom. The molecule has 2 saturated heterocycles. The standard InChI is InChI=1S/C26H28O17/c27-6-13-15(31)17(33)20(36)25(41-13)39-8-4-11(30)14-12(5-8)40-22(7-1-2-9(28)10(29)3-7)23(16(14)32)42-26-21(37)18(34)19(35)24(38)43-26/h1-5,13,15,17-21,24-31,33-38H,6H2/t13-,15+,17-,18-,19-,20-,21-,24-,25-,26+/m1/s1. The molecule has 0 saturated carbocycles. The summed E-state index contributed by atoms with van der Waals surface area (Å²) in [5, 5.41) is 110. The van der Waals surface area contributed by atoms with Crippen LogP contribution in [-0.2, 0) is 9.47 Å². The minimum atomic E-state index is -2.03. The molecule has 43 heavy (non-hydrogen) atoms. The molecule has 0 aliphatic carbocycles. The zero-order chi connectivity index (χ0) is 31.3. The lowest BCUT2D eigenvalue weighted by Crippen LogP contribution is -2.60. The Kier molecular flexibility index (Phi) is 8.38.